The SMILES string of the molecule is CC(=O)Nc1ccc(-c2csc(NC(=O)CSCc3nc4ccccc4s3)n2)cc1. The van der Waals surface area contributed by atoms with Crippen LogP contribution in [0.1, 0.15) is 11.9 Å². The van der Waals surface area contributed by atoms with E-state index in [1.54, 1.807) is 11.3 Å². The molecule has 0 bridgehead atoms. The number of para-hydroxylation sites is 1. The van der Waals surface area contributed by atoms with Gasteiger partial charge in [0.15, 0.2) is 5.13 Å². The number of nitrogens with zero attached hydrogens (tertiary/aromatic N) is 2. The van der Waals surface area contributed by atoms with Gasteiger partial charge in [-0.2, -0.15) is 0 Å². The van der Waals surface area contributed by atoms with Gasteiger partial charge in [-0.25, -0.2) is 9.97 Å². The molecule has 0 aliphatic heterocycles. The fourth-order valence-corrected chi connectivity index (χ4v) is 5.34. The number of benzene rings is 2. The van der Waals surface area contributed by atoms with E-state index in [-0.39, 0.29) is 11.8 Å². The van der Waals surface area contributed by atoms with Gasteiger partial charge in [-0.15, -0.1) is 34.4 Å². The monoisotopic (exact) mass is 454 g/mol. The minimum absolute atomic E-state index is 0.0805. The van der Waals surface area contributed by atoms with Crippen LogP contribution < -0.4 is 10.6 Å². The molecule has 2 amide bonds. The molecular weight excluding hydrogens is 436 g/mol. The summed E-state index contributed by atoms with van der Waals surface area (Å²) in [5.41, 5.74) is 3.45. The van der Waals surface area contributed by atoms with Gasteiger partial charge in [0.05, 0.1) is 21.7 Å². The van der Waals surface area contributed by atoms with Crippen LogP contribution in [-0.4, -0.2) is 27.5 Å². The normalized spacial score (nSPS) is 10.8. The van der Waals surface area contributed by atoms with Gasteiger partial charge in [-0.3, -0.25) is 9.59 Å². The van der Waals surface area contributed by atoms with Gasteiger partial charge in [-0.1, -0.05) is 24.3 Å². The lowest BCUT2D eigenvalue weighted by Crippen LogP contribution is -2.13. The van der Waals surface area contributed by atoms with Crippen molar-refractivity contribution in [3.05, 3.63) is 58.9 Å². The van der Waals surface area contributed by atoms with E-state index in [9.17, 15) is 9.59 Å². The molecular formula is C21H18N4O2S3. The Balaban J connectivity index is 1.28. The zero-order valence-electron chi connectivity index (χ0n) is 16.0. The summed E-state index contributed by atoms with van der Waals surface area (Å²) in [6.07, 6.45) is 0. The van der Waals surface area contributed by atoms with E-state index in [1.807, 2.05) is 47.8 Å². The summed E-state index contributed by atoms with van der Waals surface area (Å²) in [6.45, 7) is 1.47. The lowest BCUT2D eigenvalue weighted by Gasteiger charge is -2.03. The zero-order chi connectivity index (χ0) is 20.9. The molecule has 4 aromatic rings. The van der Waals surface area contributed by atoms with Crippen molar-refractivity contribution >= 4 is 67.3 Å². The van der Waals surface area contributed by atoms with Crippen LogP contribution in [0.5, 0.6) is 0 Å². The number of anilines is 2. The van der Waals surface area contributed by atoms with Crippen molar-refractivity contribution in [1.82, 2.24) is 9.97 Å². The maximum absolute atomic E-state index is 12.2. The second-order valence-electron chi connectivity index (χ2n) is 6.41. The summed E-state index contributed by atoms with van der Waals surface area (Å²) in [7, 11) is 0. The third-order valence-electron chi connectivity index (χ3n) is 4.05. The minimum Gasteiger partial charge on any atom is -0.326 e. The molecule has 9 heteroatoms. The van der Waals surface area contributed by atoms with E-state index in [1.165, 1.54) is 30.0 Å². The minimum atomic E-state index is -0.109. The van der Waals surface area contributed by atoms with E-state index < -0.39 is 0 Å². The third kappa shape index (κ3) is 5.24. The van der Waals surface area contributed by atoms with Crippen LogP contribution >= 0.6 is 34.4 Å². The largest absolute Gasteiger partial charge is 0.326 e. The maximum atomic E-state index is 12.2. The fraction of sp³-hybridized carbons (Fsp3) is 0.143. The molecule has 0 spiro atoms. The van der Waals surface area contributed by atoms with Crippen LogP contribution in [0.4, 0.5) is 10.8 Å². The molecule has 2 N–H and O–H groups in total. The molecule has 0 saturated carbocycles. The number of carbonyl (C=O) groups is 2. The van der Waals surface area contributed by atoms with Crippen molar-refractivity contribution in [2.24, 2.45) is 0 Å². The molecule has 30 heavy (non-hydrogen) atoms. The average Bonchev–Trinajstić information content (AvgIpc) is 3.34. The highest BCUT2D eigenvalue weighted by Crippen LogP contribution is 2.27. The quantitative estimate of drug-likeness (QED) is 0.398. The molecule has 0 fully saturated rings. The second kappa shape index (κ2) is 9.38. The smallest absolute Gasteiger partial charge is 0.236 e. The second-order valence-corrected chi connectivity index (χ2v) is 9.37. The van der Waals surface area contributed by atoms with Crippen molar-refractivity contribution in [1.29, 1.82) is 0 Å². The number of carbonyl (C=O) groups excluding carboxylic acids is 2. The van der Waals surface area contributed by atoms with E-state index in [0.29, 0.717) is 16.6 Å². The highest BCUT2D eigenvalue weighted by Gasteiger charge is 2.10. The van der Waals surface area contributed by atoms with Crippen LogP contribution in [0.25, 0.3) is 21.5 Å². The van der Waals surface area contributed by atoms with E-state index in [0.717, 1.165) is 32.2 Å². The Kier molecular flexibility index (Phi) is 6.41. The summed E-state index contributed by atoms with van der Waals surface area (Å²) >= 11 is 4.59. The molecule has 0 aliphatic rings. The first kappa shape index (κ1) is 20.5. The van der Waals surface area contributed by atoms with Crippen LogP contribution in [0.2, 0.25) is 0 Å². The van der Waals surface area contributed by atoms with Crippen LogP contribution in [0, 0.1) is 0 Å². The Morgan fingerprint density at radius 1 is 1.03 bits per heavy atom. The number of rotatable bonds is 7. The van der Waals surface area contributed by atoms with Gasteiger partial charge in [0.1, 0.15) is 5.01 Å². The predicted molar refractivity (Wildman–Crippen MR) is 126 cm³/mol. The van der Waals surface area contributed by atoms with Crippen molar-refractivity contribution in [3.63, 3.8) is 0 Å². The molecule has 152 valence electrons. The number of hydrogen-bond donors (Lipinski definition) is 2. The van der Waals surface area contributed by atoms with Crippen LogP contribution in [-0.2, 0) is 15.3 Å². The summed E-state index contributed by atoms with van der Waals surface area (Å²) < 4.78 is 1.16. The summed E-state index contributed by atoms with van der Waals surface area (Å²) in [4.78, 5) is 32.4. The Hall–Kier alpha value is -2.75. The predicted octanol–water partition coefficient (Wildman–Crippen LogP) is 5.25. The Bertz CT molecular complexity index is 1150. The van der Waals surface area contributed by atoms with Gasteiger partial charge in [-0.05, 0) is 24.3 Å². The highest BCUT2D eigenvalue weighted by molar-refractivity contribution is 7.99. The maximum Gasteiger partial charge on any atom is 0.236 e. The lowest BCUT2D eigenvalue weighted by atomic mass is 10.1. The van der Waals surface area contributed by atoms with Crippen molar-refractivity contribution in [3.8, 4) is 11.3 Å². The van der Waals surface area contributed by atoms with Gasteiger partial charge in [0.2, 0.25) is 11.8 Å². The Labute approximate surface area is 185 Å². The summed E-state index contributed by atoms with van der Waals surface area (Å²) in [6, 6.07) is 15.5. The molecule has 0 radical (unpaired) electrons. The van der Waals surface area contributed by atoms with E-state index in [4.69, 9.17) is 0 Å². The lowest BCUT2D eigenvalue weighted by molar-refractivity contribution is -0.114. The van der Waals surface area contributed by atoms with Crippen molar-refractivity contribution < 1.29 is 9.59 Å². The van der Waals surface area contributed by atoms with Crippen molar-refractivity contribution in [2.75, 3.05) is 16.4 Å². The van der Waals surface area contributed by atoms with Gasteiger partial charge in [0.25, 0.3) is 0 Å². The zero-order valence-corrected chi connectivity index (χ0v) is 18.5. The van der Waals surface area contributed by atoms with Gasteiger partial charge < -0.3 is 10.6 Å². The number of thioether (sulfide) groups is 1. The third-order valence-corrected chi connectivity index (χ3v) is 6.97. The highest BCUT2D eigenvalue weighted by atomic mass is 32.2. The summed E-state index contributed by atoms with van der Waals surface area (Å²) in [5, 5.41) is 9.08. The number of fused-ring (bicyclic) bond motifs is 1. The average molecular weight is 455 g/mol. The standard InChI is InChI=1S/C21H18N4O2S3/c1-13(26)22-15-8-6-14(7-9-15)17-10-29-21(24-17)25-19(27)11-28-12-20-23-16-4-2-3-5-18(16)30-20/h2-10H,11-12H2,1H3,(H,22,26)(H,24,25,27). The first-order valence-corrected chi connectivity index (χ1v) is 12.0. The van der Waals surface area contributed by atoms with E-state index in [2.05, 4.69) is 26.7 Å². The number of thiazole rings is 2. The Morgan fingerprint density at radius 2 is 1.83 bits per heavy atom. The first-order chi connectivity index (χ1) is 14.6. The molecule has 0 unspecified atom stereocenters. The van der Waals surface area contributed by atoms with E-state index >= 15 is 0 Å². The first-order valence-electron chi connectivity index (χ1n) is 9.12. The van der Waals surface area contributed by atoms with Crippen LogP contribution in [0.15, 0.2) is 53.9 Å². The topological polar surface area (TPSA) is 84.0 Å². The number of nitrogens with one attached hydrogen (secondary N) is 2. The molecule has 6 nitrogen and oxygen atoms in total. The molecule has 2 aromatic heterocycles. The molecule has 2 aromatic carbocycles. The summed E-state index contributed by atoms with van der Waals surface area (Å²) in [5.74, 6) is 0.859. The molecule has 4 rings (SSSR count). The molecule has 2 heterocycles. The molecule has 0 aliphatic carbocycles. The van der Waals surface area contributed by atoms with Gasteiger partial charge in [0, 0.05) is 29.3 Å². The van der Waals surface area contributed by atoms with Crippen LogP contribution in [0.3, 0.4) is 0 Å². The number of hydrogen-bond acceptors (Lipinski definition) is 7. The number of amides is 2. The molecule has 0 atom stereocenters. The number of aromatic nitrogens is 2. The molecule has 0 saturated heterocycles. The van der Waals surface area contributed by atoms with Crippen molar-refractivity contribution in [2.45, 2.75) is 12.7 Å². The van der Waals surface area contributed by atoms with Gasteiger partial charge >= 0.3 is 0 Å². The Morgan fingerprint density at radius 3 is 2.60 bits per heavy atom. The fourth-order valence-electron chi connectivity index (χ4n) is 2.76.